The summed E-state index contributed by atoms with van der Waals surface area (Å²) >= 11 is 6.37. The molecule has 4 rings (SSSR count). The van der Waals surface area contributed by atoms with Crippen molar-refractivity contribution in [2.24, 2.45) is 0 Å². The molecule has 0 unspecified atom stereocenters. The number of methoxy groups -OCH3 is 2. The zero-order valence-electron chi connectivity index (χ0n) is 20.3. The predicted molar refractivity (Wildman–Crippen MR) is 142 cm³/mol. The van der Waals surface area contributed by atoms with Crippen LogP contribution in [0, 0.1) is 0 Å². The van der Waals surface area contributed by atoms with Gasteiger partial charge in [0, 0.05) is 25.5 Å². The number of piperidine rings is 1. The third-order valence-corrected chi connectivity index (χ3v) is 7.69. The van der Waals surface area contributed by atoms with Crippen LogP contribution in [0.3, 0.4) is 0 Å². The summed E-state index contributed by atoms with van der Waals surface area (Å²) in [5.74, 6) is 2.00. The first-order valence-corrected chi connectivity index (χ1v) is 14.3. The van der Waals surface area contributed by atoms with Crippen molar-refractivity contribution < 1.29 is 14.0 Å². The number of pyridine rings is 1. The van der Waals surface area contributed by atoms with Crippen LogP contribution in [-0.4, -0.2) is 61.7 Å². The zero-order valence-corrected chi connectivity index (χ0v) is 21.9. The van der Waals surface area contributed by atoms with E-state index in [1.807, 2.05) is 36.4 Å². The Morgan fingerprint density at radius 2 is 1.77 bits per heavy atom. The van der Waals surface area contributed by atoms with Crippen LogP contribution < -0.4 is 25.6 Å². The molecule has 1 fully saturated rings. The number of hydrogen-bond acceptors (Lipinski definition) is 9. The molecule has 1 aromatic carbocycles. The number of benzene rings is 1. The molecule has 3 aromatic rings. The van der Waals surface area contributed by atoms with Crippen LogP contribution in [0.1, 0.15) is 12.8 Å². The number of ether oxygens (including phenoxy) is 2. The Bertz CT molecular complexity index is 1230. The summed E-state index contributed by atoms with van der Waals surface area (Å²) in [4.78, 5) is 15.7. The van der Waals surface area contributed by atoms with Crippen molar-refractivity contribution in [3.8, 4) is 5.88 Å². The molecule has 11 heteroatoms. The fraction of sp³-hybridized carbons (Fsp3) is 0.375. The van der Waals surface area contributed by atoms with Gasteiger partial charge in [-0.1, -0.05) is 23.7 Å². The van der Waals surface area contributed by atoms with Crippen molar-refractivity contribution >= 4 is 53.0 Å². The van der Waals surface area contributed by atoms with E-state index in [0.717, 1.165) is 37.1 Å². The van der Waals surface area contributed by atoms with Crippen LogP contribution in [0.2, 0.25) is 5.02 Å². The molecule has 1 saturated heterocycles. The van der Waals surface area contributed by atoms with Gasteiger partial charge in [0.25, 0.3) is 0 Å². The molecule has 0 atom stereocenters. The quantitative estimate of drug-likeness (QED) is 0.405. The summed E-state index contributed by atoms with van der Waals surface area (Å²) in [6.45, 7) is 5.21. The number of halogens is 1. The lowest BCUT2D eigenvalue weighted by Crippen LogP contribution is -2.37. The van der Waals surface area contributed by atoms with Gasteiger partial charge in [-0.15, -0.1) is 0 Å². The van der Waals surface area contributed by atoms with Gasteiger partial charge in [-0.2, -0.15) is 9.97 Å². The molecule has 0 radical (unpaired) electrons. The van der Waals surface area contributed by atoms with Crippen molar-refractivity contribution in [3.05, 3.63) is 47.6 Å². The summed E-state index contributed by atoms with van der Waals surface area (Å²) in [5.41, 5.74) is 1.32. The first kappa shape index (κ1) is 25.2. The third-order valence-electron chi connectivity index (χ3n) is 5.87. The van der Waals surface area contributed by atoms with E-state index in [4.69, 9.17) is 21.1 Å². The standard InChI is InChI=1S/C24H30ClN6O3P/c1-33-16-11-13-31(14-12-16)21-10-9-19(23(29-21)34-2)28-24-26-15-17(25)22(30-24)27-18-7-5-6-8-20(18)35(3,4)32/h5-10,15-16H,11-14H2,1-4H3,(H2,26,27,28,30). The Morgan fingerprint density at radius 3 is 2.46 bits per heavy atom. The van der Waals surface area contributed by atoms with Gasteiger partial charge in [0.1, 0.15) is 23.7 Å². The molecule has 9 nitrogen and oxygen atoms in total. The van der Waals surface area contributed by atoms with Crippen LogP contribution in [0.25, 0.3) is 0 Å². The van der Waals surface area contributed by atoms with Crippen LogP contribution >= 0.6 is 18.7 Å². The Hall–Kier alpha value is -2.87. The number of nitrogens with zero attached hydrogens (tertiary/aromatic N) is 4. The summed E-state index contributed by atoms with van der Waals surface area (Å²) in [6, 6.07) is 11.3. The molecule has 186 valence electrons. The highest BCUT2D eigenvalue weighted by Crippen LogP contribution is 2.39. The molecule has 0 amide bonds. The van der Waals surface area contributed by atoms with Crippen molar-refractivity contribution in [2.75, 3.05) is 56.2 Å². The molecule has 35 heavy (non-hydrogen) atoms. The fourth-order valence-corrected chi connectivity index (χ4v) is 5.28. The lowest BCUT2D eigenvalue weighted by Gasteiger charge is -2.32. The van der Waals surface area contributed by atoms with Gasteiger partial charge in [-0.05, 0) is 50.4 Å². The van der Waals surface area contributed by atoms with Gasteiger partial charge in [-0.25, -0.2) is 4.98 Å². The maximum atomic E-state index is 12.7. The lowest BCUT2D eigenvalue weighted by atomic mass is 10.1. The van der Waals surface area contributed by atoms with Crippen LogP contribution in [0.15, 0.2) is 42.6 Å². The molecule has 0 saturated carbocycles. The van der Waals surface area contributed by atoms with Crippen molar-refractivity contribution in [2.45, 2.75) is 18.9 Å². The summed E-state index contributed by atoms with van der Waals surface area (Å²) in [7, 11) is 0.827. The lowest BCUT2D eigenvalue weighted by molar-refractivity contribution is 0.0818. The second-order valence-electron chi connectivity index (χ2n) is 8.66. The van der Waals surface area contributed by atoms with Crippen molar-refractivity contribution in [3.63, 3.8) is 0 Å². The molecule has 0 spiro atoms. The van der Waals surface area contributed by atoms with Crippen LogP contribution in [0.5, 0.6) is 5.88 Å². The maximum Gasteiger partial charge on any atom is 0.239 e. The number of aromatic nitrogens is 3. The summed E-state index contributed by atoms with van der Waals surface area (Å²) in [5, 5.41) is 7.43. The van der Waals surface area contributed by atoms with Crippen LogP contribution in [0.4, 0.5) is 29.0 Å². The van der Waals surface area contributed by atoms with Gasteiger partial charge < -0.3 is 29.6 Å². The molecular weight excluding hydrogens is 487 g/mol. The van der Waals surface area contributed by atoms with Crippen LogP contribution in [-0.2, 0) is 9.30 Å². The van der Waals surface area contributed by atoms with Crippen molar-refractivity contribution in [1.29, 1.82) is 0 Å². The number of nitrogens with one attached hydrogen (secondary N) is 2. The second kappa shape index (κ2) is 10.8. The second-order valence-corrected chi connectivity index (χ2v) is 12.2. The minimum absolute atomic E-state index is 0.299. The Labute approximate surface area is 210 Å². The summed E-state index contributed by atoms with van der Waals surface area (Å²) < 4.78 is 23.7. The first-order valence-electron chi connectivity index (χ1n) is 11.3. The Kier molecular flexibility index (Phi) is 7.79. The van der Waals surface area contributed by atoms with E-state index < -0.39 is 7.14 Å². The monoisotopic (exact) mass is 516 g/mol. The van der Waals surface area contributed by atoms with E-state index in [1.54, 1.807) is 27.5 Å². The highest BCUT2D eigenvalue weighted by molar-refractivity contribution is 7.70. The molecule has 1 aliphatic heterocycles. The van der Waals surface area contributed by atoms with Gasteiger partial charge in [0.2, 0.25) is 11.8 Å². The molecule has 1 aliphatic rings. The van der Waals surface area contributed by atoms with Gasteiger partial charge in [0.05, 0.1) is 25.1 Å². The molecule has 2 N–H and O–H groups in total. The Morgan fingerprint density at radius 1 is 1.03 bits per heavy atom. The van der Waals surface area contributed by atoms with E-state index in [0.29, 0.717) is 40.1 Å². The summed E-state index contributed by atoms with van der Waals surface area (Å²) in [6.07, 6.45) is 3.73. The van der Waals surface area contributed by atoms with E-state index >= 15 is 0 Å². The van der Waals surface area contributed by atoms with E-state index in [1.165, 1.54) is 6.20 Å². The SMILES string of the molecule is COc1nc(N2CCC(OC)CC2)ccc1Nc1ncc(Cl)c(Nc2ccccc2P(C)(C)=O)n1. The fourth-order valence-electron chi connectivity index (χ4n) is 3.99. The Balaban J connectivity index is 1.54. The number of hydrogen-bond donors (Lipinski definition) is 2. The van der Waals surface area contributed by atoms with E-state index in [-0.39, 0.29) is 0 Å². The molecule has 0 aliphatic carbocycles. The number of para-hydroxylation sites is 1. The largest absolute Gasteiger partial charge is 0.479 e. The van der Waals surface area contributed by atoms with E-state index in [2.05, 4.69) is 30.5 Å². The molecular formula is C24H30ClN6O3P. The van der Waals surface area contributed by atoms with E-state index in [9.17, 15) is 4.57 Å². The maximum absolute atomic E-state index is 12.7. The normalized spacial score (nSPS) is 14.6. The van der Waals surface area contributed by atoms with Gasteiger partial charge in [0.15, 0.2) is 5.82 Å². The van der Waals surface area contributed by atoms with Gasteiger partial charge >= 0.3 is 0 Å². The minimum atomic E-state index is -2.51. The topological polar surface area (TPSA) is 102 Å². The minimum Gasteiger partial charge on any atom is -0.479 e. The molecule has 0 bridgehead atoms. The number of rotatable bonds is 8. The van der Waals surface area contributed by atoms with Gasteiger partial charge in [-0.3, -0.25) is 0 Å². The average molecular weight is 517 g/mol. The average Bonchev–Trinajstić information content (AvgIpc) is 2.86. The third kappa shape index (κ3) is 6.04. The zero-order chi connectivity index (χ0) is 25.0. The molecule has 2 aromatic heterocycles. The highest BCUT2D eigenvalue weighted by Gasteiger charge is 2.21. The number of anilines is 5. The predicted octanol–water partition coefficient (Wildman–Crippen LogP) is 4.88. The first-order chi connectivity index (χ1) is 16.8. The highest BCUT2D eigenvalue weighted by atomic mass is 35.5. The molecule has 3 heterocycles. The smallest absolute Gasteiger partial charge is 0.239 e. The van der Waals surface area contributed by atoms with Crippen molar-refractivity contribution in [1.82, 2.24) is 15.0 Å².